The molecule has 0 saturated carbocycles. The number of amides is 6. The van der Waals surface area contributed by atoms with Gasteiger partial charge in [0.05, 0.1) is 27.7 Å². The third-order valence-electron chi connectivity index (χ3n) is 12.2. The molecule has 1 saturated heterocycles. The molecule has 0 aliphatic carbocycles. The maximum atomic E-state index is 13.9. The Balaban J connectivity index is 0.00000680. The first-order valence-corrected chi connectivity index (χ1v) is 23.0. The number of hydrogen-bond donors (Lipinski definition) is 5. The lowest BCUT2D eigenvalue weighted by Crippen LogP contribution is -2.59. The molecular weight excluding hydrogens is 866 g/mol. The Morgan fingerprint density at radius 2 is 1.69 bits per heavy atom. The van der Waals surface area contributed by atoms with Crippen LogP contribution < -0.4 is 38.0 Å². The highest BCUT2D eigenvalue weighted by molar-refractivity contribution is 7.90. The molecule has 7 N–H and O–H groups in total. The second-order valence-electron chi connectivity index (χ2n) is 16.6. The Bertz CT molecular complexity index is 2650. The fourth-order valence-corrected chi connectivity index (χ4v) is 9.58. The second-order valence-corrected chi connectivity index (χ2v) is 18.6. The zero-order valence-electron chi connectivity index (χ0n) is 35.7. The molecule has 20 heteroatoms. The lowest BCUT2D eigenvalue weighted by molar-refractivity contribution is -0.137. The summed E-state index contributed by atoms with van der Waals surface area (Å²) in [5.74, 6) is -2.41. The highest BCUT2D eigenvalue weighted by Crippen LogP contribution is 2.41. The first-order chi connectivity index (χ1) is 30.0. The zero-order valence-corrected chi connectivity index (χ0v) is 37.3. The number of nitrogens with two attached hydrogens (primary N) is 2. The van der Waals surface area contributed by atoms with Gasteiger partial charge in [0, 0.05) is 51.3 Å². The van der Waals surface area contributed by atoms with Crippen molar-refractivity contribution in [3.05, 3.63) is 87.3 Å². The van der Waals surface area contributed by atoms with E-state index in [1.165, 1.54) is 26.2 Å². The number of piperidine rings is 1. The maximum Gasteiger partial charge on any atom is 0.329 e. The van der Waals surface area contributed by atoms with Gasteiger partial charge in [-0.3, -0.25) is 48.1 Å². The Morgan fingerprint density at radius 3 is 2.38 bits per heavy atom. The summed E-state index contributed by atoms with van der Waals surface area (Å²) in [4.78, 5) is 93.0. The molecule has 0 spiro atoms. The quantitative estimate of drug-likeness (QED) is 0.0547. The predicted molar refractivity (Wildman–Crippen MR) is 241 cm³/mol. The molecule has 4 heterocycles. The molecule has 7 rings (SSSR count). The summed E-state index contributed by atoms with van der Waals surface area (Å²) in [6.07, 6.45) is 5.49. The Hall–Kier alpha value is -6.05. The van der Waals surface area contributed by atoms with Crippen molar-refractivity contribution in [2.24, 2.45) is 18.5 Å². The predicted octanol–water partition coefficient (Wildman–Crippen LogP) is 1.87. The van der Waals surface area contributed by atoms with Gasteiger partial charge in [-0.05, 0) is 97.5 Å². The average molecular weight is 920 g/mol. The van der Waals surface area contributed by atoms with E-state index in [-0.39, 0.29) is 73.5 Å². The number of sulfone groups is 1. The molecule has 1 aromatic heterocycles. The molecule has 0 radical (unpaired) electrons. The standard InChI is InChI=1S/C44H53N9O9S.ClH/c1-50-36-23-30(10-14-33(36)52(44(50)60)35-16-18-38(56)49-42(35)58)47-19-5-3-4-6-27-20-28-9-13-32(45)43(59)53-39(22-29(21-27)40(28)53)51(25-54)34(15-17-37(46)55)41(57)48-24-26-7-11-31(12-8-26)63(2,61)62;/h7-8,10-12,14,20-21,23,25,32,34-35,39,47H,3-6,9,13,15-19,22,24,45H2,1-2H3,(H2,46,55)(H,48,57)(H,49,56,58);1H/t32-,34-,35?,39-;/m0./s1. The zero-order chi connectivity index (χ0) is 45.2. The lowest BCUT2D eigenvalue weighted by atomic mass is 9.96. The number of imide groups is 1. The number of nitrogens with zero attached hydrogens (tertiary/aromatic N) is 4. The van der Waals surface area contributed by atoms with Gasteiger partial charge in [0.15, 0.2) is 9.84 Å². The number of unbranched alkanes of at least 4 members (excludes halogenated alkanes) is 2. The average Bonchev–Trinajstić information content (AvgIpc) is 3.70. The topological polar surface area (TPSA) is 258 Å². The summed E-state index contributed by atoms with van der Waals surface area (Å²) in [6.45, 7) is 0.701. The van der Waals surface area contributed by atoms with Crippen molar-refractivity contribution in [3.63, 3.8) is 0 Å². The number of anilines is 2. The van der Waals surface area contributed by atoms with E-state index in [0.29, 0.717) is 48.1 Å². The number of aromatic nitrogens is 2. The van der Waals surface area contributed by atoms with Crippen LogP contribution in [0.1, 0.15) is 79.7 Å². The van der Waals surface area contributed by atoms with E-state index in [2.05, 4.69) is 28.1 Å². The van der Waals surface area contributed by atoms with E-state index < -0.39 is 51.9 Å². The van der Waals surface area contributed by atoms with Crippen molar-refractivity contribution >= 4 is 80.6 Å². The number of carbonyl (C=O) groups is 6. The largest absolute Gasteiger partial charge is 0.385 e. The van der Waals surface area contributed by atoms with Crippen molar-refractivity contribution in [1.29, 1.82) is 0 Å². The van der Waals surface area contributed by atoms with Crippen LogP contribution in [0.2, 0.25) is 0 Å². The number of benzene rings is 3. The third-order valence-corrected chi connectivity index (χ3v) is 13.4. The number of imidazole rings is 1. The van der Waals surface area contributed by atoms with Gasteiger partial charge in [0.25, 0.3) is 0 Å². The molecule has 0 bridgehead atoms. The van der Waals surface area contributed by atoms with E-state index in [1.54, 1.807) is 24.1 Å². The summed E-state index contributed by atoms with van der Waals surface area (Å²) in [5.41, 5.74) is 17.9. The molecule has 3 aliphatic heterocycles. The summed E-state index contributed by atoms with van der Waals surface area (Å²) < 4.78 is 26.8. The minimum absolute atomic E-state index is 0. The van der Waals surface area contributed by atoms with Crippen LogP contribution in [0.4, 0.5) is 11.4 Å². The van der Waals surface area contributed by atoms with Gasteiger partial charge in [-0.15, -0.1) is 12.4 Å². The van der Waals surface area contributed by atoms with Crippen molar-refractivity contribution < 1.29 is 37.2 Å². The molecule has 18 nitrogen and oxygen atoms in total. The lowest BCUT2D eigenvalue weighted by Gasteiger charge is -2.38. The van der Waals surface area contributed by atoms with Crippen molar-refractivity contribution in [3.8, 4) is 0 Å². The highest BCUT2D eigenvalue weighted by Gasteiger charge is 2.45. The minimum Gasteiger partial charge on any atom is -0.385 e. The molecule has 3 aromatic carbocycles. The number of halogens is 1. The highest BCUT2D eigenvalue weighted by atomic mass is 35.5. The van der Waals surface area contributed by atoms with Gasteiger partial charge >= 0.3 is 5.69 Å². The first kappa shape index (κ1) is 47.4. The van der Waals surface area contributed by atoms with Gasteiger partial charge in [0.1, 0.15) is 18.2 Å². The van der Waals surface area contributed by atoms with E-state index >= 15 is 0 Å². The fourth-order valence-electron chi connectivity index (χ4n) is 8.95. The normalized spacial score (nSPS) is 18.7. The van der Waals surface area contributed by atoms with Crippen LogP contribution in [0.5, 0.6) is 0 Å². The molecule has 4 atom stereocenters. The maximum absolute atomic E-state index is 13.9. The summed E-state index contributed by atoms with van der Waals surface area (Å²) in [7, 11) is -1.76. The number of fused-ring (bicyclic) bond motifs is 1. The number of aryl methyl sites for hydroxylation is 3. The molecule has 64 heavy (non-hydrogen) atoms. The molecule has 1 unspecified atom stereocenters. The monoisotopic (exact) mass is 919 g/mol. The molecule has 3 aliphatic rings. The van der Waals surface area contributed by atoms with Gasteiger partial charge in [-0.25, -0.2) is 13.2 Å². The Labute approximate surface area is 376 Å². The van der Waals surface area contributed by atoms with Gasteiger partial charge in [0.2, 0.25) is 35.9 Å². The Morgan fingerprint density at radius 1 is 0.953 bits per heavy atom. The first-order valence-electron chi connectivity index (χ1n) is 21.1. The minimum atomic E-state index is -3.42. The van der Waals surface area contributed by atoms with Crippen LogP contribution in [-0.2, 0) is 71.5 Å². The van der Waals surface area contributed by atoms with Crippen LogP contribution in [0.3, 0.4) is 0 Å². The van der Waals surface area contributed by atoms with Gasteiger partial charge < -0.3 is 27.0 Å². The van der Waals surface area contributed by atoms with Gasteiger partial charge in [-0.2, -0.15) is 0 Å². The molecule has 6 amide bonds. The van der Waals surface area contributed by atoms with Crippen LogP contribution >= 0.6 is 12.4 Å². The van der Waals surface area contributed by atoms with E-state index in [9.17, 15) is 42.0 Å². The van der Waals surface area contributed by atoms with E-state index in [1.807, 2.05) is 18.2 Å². The van der Waals surface area contributed by atoms with Crippen LogP contribution in [-0.4, -0.2) is 89.4 Å². The summed E-state index contributed by atoms with van der Waals surface area (Å²) >= 11 is 0. The molecule has 4 aromatic rings. The number of rotatable bonds is 18. The fraction of sp³-hybridized carbons (Fsp3) is 0.432. The number of primary amides is 1. The van der Waals surface area contributed by atoms with E-state index in [4.69, 9.17) is 11.5 Å². The van der Waals surface area contributed by atoms with Crippen molar-refractivity contribution in [2.75, 3.05) is 23.0 Å². The number of nitrogens with one attached hydrogen (secondary N) is 3. The number of hydrogen-bond acceptors (Lipinski definition) is 11. The SMILES string of the molecule is Cl.Cn1c(=O)n(C2CCC(=O)NC2=O)c2ccc(NCCCCCc3cc4c5c(c3)C[C@@H](N(C=O)[C@@H](CCC(N)=O)C(=O)NCc3ccc(S(C)(=O)=O)cc3)N5C(=O)[C@@H](N)CC4)cc21. The van der Waals surface area contributed by atoms with E-state index in [0.717, 1.165) is 54.3 Å². The third kappa shape index (κ3) is 10.0. The van der Waals surface area contributed by atoms with Crippen molar-refractivity contribution in [1.82, 2.24) is 24.7 Å². The Kier molecular flexibility index (Phi) is 14.7. The summed E-state index contributed by atoms with van der Waals surface area (Å²) in [5, 5.41) is 8.57. The van der Waals surface area contributed by atoms with Crippen molar-refractivity contribution in [2.45, 2.75) is 106 Å². The molecule has 1 fully saturated rings. The number of carbonyl (C=O) groups excluding carboxylic acids is 6. The van der Waals surface area contributed by atoms with Gasteiger partial charge in [-0.1, -0.05) is 30.7 Å². The molecule has 342 valence electrons. The van der Waals surface area contributed by atoms with Crippen LogP contribution in [0, 0.1) is 0 Å². The summed E-state index contributed by atoms with van der Waals surface area (Å²) in [6, 6.07) is 13.0. The molecular formula is C44H54ClN9O9S. The smallest absolute Gasteiger partial charge is 0.329 e. The van der Waals surface area contributed by atoms with Crippen LogP contribution in [0.15, 0.2) is 64.3 Å². The van der Waals surface area contributed by atoms with Crippen LogP contribution in [0.25, 0.3) is 11.0 Å². The second kappa shape index (κ2) is 19.8.